The highest BCUT2D eigenvalue weighted by Gasteiger charge is 2.12. The molecule has 11 heavy (non-hydrogen) atoms. The Hall–Kier alpha value is -0.380. The van der Waals surface area contributed by atoms with E-state index in [1.807, 2.05) is 0 Å². The molecule has 0 aliphatic rings. The Bertz CT molecular complexity index is 269. The monoisotopic (exact) mass is 189 g/mol. The molecular formula is C7H8ClNOS. The summed E-state index contributed by atoms with van der Waals surface area (Å²) in [6.07, 6.45) is 0. The first-order valence-corrected chi connectivity index (χ1v) is 4.41. The van der Waals surface area contributed by atoms with Crippen LogP contribution in [0.5, 0.6) is 0 Å². The largest absolute Gasteiger partial charge is 0.321 e. The van der Waals surface area contributed by atoms with Crippen molar-refractivity contribution in [3.05, 3.63) is 21.3 Å². The van der Waals surface area contributed by atoms with Gasteiger partial charge in [-0.3, -0.25) is 4.79 Å². The zero-order valence-corrected chi connectivity index (χ0v) is 7.58. The maximum Gasteiger partial charge on any atom is 0.189 e. The van der Waals surface area contributed by atoms with Gasteiger partial charge in [-0.05, 0) is 13.0 Å². The van der Waals surface area contributed by atoms with Gasteiger partial charge in [0.25, 0.3) is 0 Å². The molecule has 1 rings (SSSR count). The van der Waals surface area contributed by atoms with Crippen LogP contribution in [0.4, 0.5) is 0 Å². The van der Waals surface area contributed by atoms with E-state index in [1.54, 1.807) is 18.4 Å². The third-order valence-corrected chi connectivity index (χ3v) is 2.52. The molecule has 2 nitrogen and oxygen atoms in total. The van der Waals surface area contributed by atoms with Crippen LogP contribution in [0.25, 0.3) is 0 Å². The molecule has 0 fully saturated rings. The Balaban J connectivity index is 2.85. The molecule has 0 saturated heterocycles. The van der Waals surface area contributed by atoms with Crippen molar-refractivity contribution in [3.8, 4) is 0 Å². The molecule has 0 radical (unpaired) electrons. The number of carbonyl (C=O) groups excluding carboxylic acids is 1. The molecule has 0 aliphatic heterocycles. The van der Waals surface area contributed by atoms with Crippen LogP contribution in [0.15, 0.2) is 11.4 Å². The van der Waals surface area contributed by atoms with E-state index in [1.165, 1.54) is 11.3 Å². The van der Waals surface area contributed by atoms with E-state index in [0.717, 1.165) is 0 Å². The number of carbonyl (C=O) groups is 1. The number of hydrogen-bond donors (Lipinski definition) is 1. The van der Waals surface area contributed by atoms with Gasteiger partial charge in [0.15, 0.2) is 5.78 Å². The second kappa shape index (κ2) is 3.34. The fraction of sp³-hybridized carbons (Fsp3) is 0.286. The Kier molecular flexibility index (Phi) is 2.65. The van der Waals surface area contributed by atoms with Crippen molar-refractivity contribution in [1.29, 1.82) is 0 Å². The van der Waals surface area contributed by atoms with Crippen molar-refractivity contribution in [2.24, 2.45) is 5.73 Å². The second-order valence-electron chi connectivity index (χ2n) is 2.28. The highest BCUT2D eigenvalue weighted by molar-refractivity contribution is 7.12. The number of hydrogen-bond acceptors (Lipinski definition) is 3. The number of nitrogens with two attached hydrogens (primary N) is 1. The summed E-state index contributed by atoms with van der Waals surface area (Å²) in [5.41, 5.74) is 5.39. The summed E-state index contributed by atoms with van der Waals surface area (Å²) in [5, 5.41) is 2.32. The van der Waals surface area contributed by atoms with Gasteiger partial charge in [0, 0.05) is 5.38 Å². The molecule has 4 heteroatoms. The van der Waals surface area contributed by atoms with Crippen LogP contribution >= 0.6 is 22.9 Å². The third kappa shape index (κ3) is 2.02. The summed E-state index contributed by atoms with van der Waals surface area (Å²) in [7, 11) is 0. The second-order valence-corrected chi connectivity index (χ2v) is 3.63. The van der Waals surface area contributed by atoms with E-state index >= 15 is 0 Å². The minimum absolute atomic E-state index is 0.0538. The number of Topliss-reactive ketones (excluding diaryl/α,β-unsaturated/α-hetero) is 1. The van der Waals surface area contributed by atoms with Crippen molar-refractivity contribution in [1.82, 2.24) is 0 Å². The van der Waals surface area contributed by atoms with Crippen LogP contribution in [-0.4, -0.2) is 11.8 Å². The van der Waals surface area contributed by atoms with Crippen molar-refractivity contribution in [2.75, 3.05) is 0 Å². The van der Waals surface area contributed by atoms with Gasteiger partial charge in [-0.25, -0.2) is 0 Å². The van der Waals surface area contributed by atoms with Gasteiger partial charge < -0.3 is 5.73 Å². The van der Waals surface area contributed by atoms with Crippen molar-refractivity contribution >= 4 is 28.7 Å². The molecule has 1 aromatic heterocycles. The molecule has 60 valence electrons. The summed E-state index contributed by atoms with van der Waals surface area (Å²) in [6.45, 7) is 1.66. The molecule has 1 heterocycles. The maximum absolute atomic E-state index is 11.2. The molecule has 1 atom stereocenters. The van der Waals surface area contributed by atoms with Crippen molar-refractivity contribution in [2.45, 2.75) is 13.0 Å². The van der Waals surface area contributed by atoms with Crippen molar-refractivity contribution < 1.29 is 4.79 Å². The van der Waals surface area contributed by atoms with Gasteiger partial charge in [-0.1, -0.05) is 11.6 Å². The first-order chi connectivity index (χ1) is 5.11. The topological polar surface area (TPSA) is 43.1 Å². The summed E-state index contributed by atoms with van der Waals surface area (Å²) < 4.78 is 0. The summed E-state index contributed by atoms with van der Waals surface area (Å²) >= 11 is 6.95. The molecule has 1 aromatic rings. The average Bonchev–Trinajstić information content (AvgIpc) is 2.34. The molecule has 0 aliphatic carbocycles. The average molecular weight is 190 g/mol. The Morgan fingerprint density at radius 3 is 2.82 bits per heavy atom. The standard InChI is InChI=1S/C7H8ClNOS/c1-4(9)7(10)6-2-5(8)3-11-6/h2-4H,9H2,1H3. The molecule has 0 aromatic carbocycles. The van der Waals surface area contributed by atoms with E-state index in [0.29, 0.717) is 9.90 Å². The highest BCUT2D eigenvalue weighted by atomic mass is 35.5. The fourth-order valence-corrected chi connectivity index (χ4v) is 1.78. The molecule has 0 amide bonds. The first-order valence-electron chi connectivity index (χ1n) is 3.15. The Morgan fingerprint density at radius 2 is 2.45 bits per heavy atom. The van der Waals surface area contributed by atoms with Crippen LogP contribution < -0.4 is 5.73 Å². The van der Waals surface area contributed by atoms with E-state index in [4.69, 9.17) is 17.3 Å². The van der Waals surface area contributed by atoms with Crippen LogP contribution in [0.1, 0.15) is 16.6 Å². The van der Waals surface area contributed by atoms with Gasteiger partial charge in [-0.2, -0.15) is 0 Å². The molecule has 0 spiro atoms. The first kappa shape index (κ1) is 8.71. The van der Waals surface area contributed by atoms with E-state index in [-0.39, 0.29) is 5.78 Å². The van der Waals surface area contributed by atoms with Gasteiger partial charge >= 0.3 is 0 Å². The summed E-state index contributed by atoms with van der Waals surface area (Å²) in [5.74, 6) is -0.0538. The SMILES string of the molecule is CC(N)C(=O)c1cc(Cl)cs1. The molecule has 0 bridgehead atoms. The minimum Gasteiger partial charge on any atom is -0.321 e. The summed E-state index contributed by atoms with van der Waals surface area (Å²) in [6, 6.07) is 1.20. The number of halogens is 1. The number of rotatable bonds is 2. The van der Waals surface area contributed by atoms with Crippen LogP contribution in [0.3, 0.4) is 0 Å². The molecule has 2 N–H and O–H groups in total. The predicted molar refractivity (Wildman–Crippen MR) is 47.3 cm³/mol. The summed E-state index contributed by atoms with van der Waals surface area (Å²) in [4.78, 5) is 11.8. The van der Waals surface area contributed by atoms with Crippen LogP contribution in [-0.2, 0) is 0 Å². The molecular weight excluding hydrogens is 182 g/mol. The number of thiophene rings is 1. The smallest absolute Gasteiger partial charge is 0.189 e. The normalized spacial score (nSPS) is 13.0. The number of ketones is 1. The van der Waals surface area contributed by atoms with Gasteiger partial charge in [0.2, 0.25) is 0 Å². The maximum atomic E-state index is 11.2. The Labute approximate surface area is 74.0 Å². The Morgan fingerprint density at radius 1 is 1.82 bits per heavy atom. The van der Waals surface area contributed by atoms with Gasteiger partial charge in [-0.15, -0.1) is 11.3 Å². The zero-order chi connectivity index (χ0) is 8.43. The molecule has 1 unspecified atom stereocenters. The van der Waals surface area contributed by atoms with Gasteiger partial charge in [0.05, 0.1) is 15.9 Å². The van der Waals surface area contributed by atoms with Crippen LogP contribution in [0.2, 0.25) is 5.02 Å². The predicted octanol–water partition coefficient (Wildman–Crippen LogP) is 1.93. The zero-order valence-electron chi connectivity index (χ0n) is 6.00. The highest BCUT2D eigenvalue weighted by Crippen LogP contribution is 2.19. The van der Waals surface area contributed by atoms with E-state index in [2.05, 4.69) is 0 Å². The lowest BCUT2D eigenvalue weighted by Gasteiger charge is -1.98. The molecule has 0 saturated carbocycles. The lowest BCUT2D eigenvalue weighted by atomic mass is 10.2. The third-order valence-electron chi connectivity index (χ3n) is 1.22. The quantitative estimate of drug-likeness (QED) is 0.723. The minimum atomic E-state index is -0.440. The lowest BCUT2D eigenvalue weighted by molar-refractivity contribution is 0.0972. The van der Waals surface area contributed by atoms with Gasteiger partial charge in [0.1, 0.15) is 0 Å². The van der Waals surface area contributed by atoms with E-state index < -0.39 is 6.04 Å². The van der Waals surface area contributed by atoms with Crippen molar-refractivity contribution in [3.63, 3.8) is 0 Å². The fourth-order valence-electron chi connectivity index (χ4n) is 0.667. The lowest BCUT2D eigenvalue weighted by Crippen LogP contribution is -2.25. The van der Waals surface area contributed by atoms with Crippen LogP contribution in [0, 0.1) is 0 Å². The van der Waals surface area contributed by atoms with E-state index in [9.17, 15) is 4.79 Å².